The molecular weight excluding hydrogens is 402 g/mol. The van der Waals surface area contributed by atoms with Gasteiger partial charge in [0.25, 0.3) is 0 Å². The second-order valence-corrected chi connectivity index (χ2v) is 5.52. The van der Waals surface area contributed by atoms with E-state index in [0.717, 1.165) is 13.0 Å². The van der Waals surface area contributed by atoms with Crippen LogP contribution in [0.3, 0.4) is 0 Å². The third kappa shape index (κ3) is 5.81. The van der Waals surface area contributed by atoms with Gasteiger partial charge in [0, 0.05) is 0 Å². The first-order valence-electron chi connectivity index (χ1n) is 8.59. The zero-order valence-electron chi connectivity index (χ0n) is 16.6. The van der Waals surface area contributed by atoms with Gasteiger partial charge in [-0.2, -0.15) is 41.3 Å². The molecule has 2 heterocycles. The summed E-state index contributed by atoms with van der Waals surface area (Å²) >= 11 is 5.71. The molecule has 0 aliphatic carbocycles. The molecule has 2 aromatic rings. The molecule has 6 nitrogen and oxygen atoms in total. The van der Waals surface area contributed by atoms with Gasteiger partial charge in [0.05, 0.1) is 4.11 Å². The lowest BCUT2D eigenvalue weighted by atomic mass is 10.3. The van der Waals surface area contributed by atoms with E-state index in [-0.39, 0.29) is 5.69 Å². The first kappa shape index (κ1) is 16.8. The number of hydrogen-bond donors (Lipinski definition) is 2. The van der Waals surface area contributed by atoms with E-state index in [0.29, 0.717) is 6.92 Å². The Balaban J connectivity index is 2.57. The van der Waals surface area contributed by atoms with E-state index >= 15 is 0 Å². The summed E-state index contributed by atoms with van der Waals surface area (Å²) in [6.45, 7) is 1.18. The molecule has 0 bridgehead atoms. The molecule has 0 fully saturated rings. The largest absolute Gasteiger partial charge is 0.408 e. The van der Waals surface area contributed by atoms with Crippen LogP contribution in [0, 0.1) is 0 Å². The summed E-state index contributed by atoms with van der Waals surface area (Å²) in [4.78, 5) is 14.5. The number of anilines is 2. The van der Waals surface area contributed by atoms with E-state index in [1.807, 2.05) is 5.32 Å². The molecule has 0 aliphatic heterocycles. The van der Waals surface area contributed by atoms with Crippen molar-refractivity contribution in [1.29, 1.82) is 0 Å². The molecule has 0 saturated heterocycles. The Labute approximate surface area is 158 Å². The number of aromatic nitrogens is 4. The number of nitrogens with one attached hydrogen (secondary N) is 2. The Hall–Kier alpha value is -2.37. The molecule has 0 aliphatic rings. The minimum Gasteiger partial charge on any atom is -0.343 e. The van der Waals surface area contributed by atoms with Crippen LogP contribution in [0.5, 0.6) is 0 Å². The molecular formula is C14H13ClF6N6. The molecule has 2 N–H and O–H groups in total. The van der Waals surface area contributed by atoms with E-state index in [2.05, 4.69) is 19.9 Å². The fourth-order valence-corrected chi connectivity index (χ4v) is 1.72. The van der Waals surface area contributed by atoms with Gasteiger partial charge in [0.15, 0.2) is 5.82 Å². The Kier molecular flexibility index (Phi) is 4.79. The smallest absolute Gasteiger partial charge is 0.343 e. The lowest BCUT2D eigenvalue weighted by molar-refractivity contribution is -0.139. The molecule has 148 valence electrons. The zero-order chi connectivity index (χ0) is 23.1. The van der Waals surface area contributed by atoms with Gasteiger partial charge in [-0.1, -0.05) is 17.6 Å². The van der Waals surface area contributed by atoms with E-state index in [1.165, 1.54) is 0 Å². The van der Waals surface area contributed by atoms with E-state index in [4.69, 9.17) is 15.7 Å². The SMILES string of the molecule is [2H]c1cc(-c2nc(NC(C)C(F)(F)F)nc(NC([2H])(C)C(F)(F)F)n2)nc(Cl)c1[2H]. The molecule has 2 atom stereocenters. The topological polar surface area (TPSA) is 75.6 Å². The van der Waals surface area contributed by atoms with Crippen LogP contribution in [-0.2, 0) is 0 Å². The number of halogens is 7. The van der Waals surface area contributed by atoms with Crippen molar-refractivity contribution < 1.29 is 30.5 Å². The first-order valence-corrected chi connectivity index (χ1v) is 7.47. The lowest BCUT2D eigenvalue weighted by Crippen LogP contribution is -2.35. The Morgan fingerprint density at radius 3 is 2.11 bits per heavy atom. The maximum atomic E-state index is 13.0. The van der Waals surface area contributed by atoms with Crippen molar-refractivity contribution in [2.24, 2.45) is 0 Å². The summed E-state index contributed by atoms with van der Waals surface area (Å²) in [7, 11) is 0. The maximum absolute atomic E-state index is 13.0. The average molecular weight is 418 g/mol. The van der Waals surface area contributed by atoms with Crippen LogP contribution in [-0.4, -0.2) is 44.3 Å². The molecule has 0 aromatic carbocycles. The third-order valence-electron chi connectivity index (χ3n) is 3.03. The van der Waals surface area contributed by atoms with Crippen molar-refractivity contribution in [1.82, 2.24) is 19.9 Å². The summed E-state index contributed by atoms with van der Waals surface area (Å²) < 4.78 is 100. The molecule has 0 saturated carbocycles. The highest BCUT2D eigenvalue weighted by Gasteiger charge is 2.38. The second-order valence-electron chi connectivity index (χ2n) is 5.16. The van der Waals surface area contributed by atoms with Crippen molar-refractivity contribution >= 4 is 23.5 Å². The van der Waals surface area contributed by atoms with Gasteiger partial charge in [0.2, 0.25) is 11.9 Å². The van der Waals surface area contributed by atoms with Gasteiger partial charge in [-0.3, -0.25) is 0 Å². The van der Waals surface area contributed by atoms with E-state index in [1.54, 1.807) is 5.32 Å². The van der Waals surface area contributed by atoms with Crippen LogP contribution >= 0.6 is 11.6 Å². The average Bonchev–Trinajstić information content (AvgIpc) is 2.56. The van der Waals surface area contributed by atoms with E-state index in [9.17, 15) is 26.3 Å². The summed E-state index contributed by atoms with van der Waals surface area (Å²) in [5, 5.41) is 3.11. The van der Waals surface area contributed by atoms with Gasteiger partial charge in [-0.25, -0.2) is 4.98 Å². The second kappa shape index (κ2) is 7.71. The highest BCUT2D eigenvalue weighted by molar-refractivity contribution is 6.29. The fraction of sp³-hybridized carbons (Fsp3) is 0.429. The summed E-state index contributed by atoms with van der Waals surface area (Å²) in [5.74, 6) is -2.16. The van der Waals surface area contributed by atoms with Gasteiger partial charge in [-0.05, 0) is 26.0 Å². The standard InChI is InChI=1S/C14H13ClF6N6/c1-6(13(16,17)18)22-11-25-10(8-4-3-5-9(15)24-8)26-12(27-11)23-7(2)14(19,20)21/h3-7H,1-2H3,(H2,22,23,25,26,27)/i3D,5D,6D. The molecule has 27 heavy (non-hydrogen) atoms. The molecule has 0 amide bonds. The zero-order valence-corrected chi connectivity index (χ0v) is 14.3. The third-order valence-corrected chi connectivity index (χ3v) is 3.21. The maximum Gasteiger partial charge on any atom is 0.408 e. The number of rotatable bonds is 5. The Morgan fingerprint density at radius 1 is 1.00 bits per heavy atom. The number of pyridine rings is 1. The van der Waals surface area contributed by atoms with Crippen molar-refractivity contribution in [2.75, 3.05) is 10.6 Å². The summed E-state index contributed by atoms with van der Waals surface area (Å²) in [6.07, 6.45) is -9.80. The number of nitrogens with zero attached hydrogens (tertiary/aromatic N) is 4. The molecule has 0 spiro atoms. The number of alkyl halides is 6. The predicted molar refractivity (Wildman–Crippen MR) is 86.3 cm³/mol. The van der Waals surface area contributed by atoms with Crippen molar-refractivity contribution in [3.8, 4) is 11.5 Å². The van der Waals surface area contributed by atoms with Crippen LogP contribution in [0.1, 0.15) is 18.0 Å². The summed E-state index contributed by atoms with van der Waals surface area (Å²) in [6, 6.07) is -5.39. The summed E-state index contributed by atoms with van der Waals surface area (Å²) in [5.41, 5.74) is -0.298. The monoisotopic (exact) mass is 417 g/mol. The minimum absolute atomic E-state index is 0.298. The highest BCUT2D eigenvalue weighted by atomic mass is 35.5. The Morgan fingerprint density at radius 2 is 1.59 bits per heavy atom. The van der Waals surface area contributed by atoms with Crippen LogP contribution in [0.25, 0.3) is 11.5 Å². The molecule has 2 aromatic heterocycles. The van der Waals surface area contributed by atoms with Gasteiger partial charge < -0.3 is 10.6 Å². The Bertz CT molecular complexity index is 916. The van der Waals surface area contributed by atoms with Crippen LogP contribution in [0.2, 0.25) is 5.15 Å². The minimum atomic E-state index is -5.07. The van der Waals surface area contributed by atoms with Crippen molar-refractivity contribution in [2.45, 2.75) is 38.3 Å². The quantitative estimate of drug-likeness (QED) is 0.557. The van der Waals surface area contributed by atoms with E-state index < -0.39 is 59.4 Å². The first-order chi connectivity index (χ1) is 13.5. The number of hydrogen-bond acceptors (Lipinski definition) is 6. The van der Waals surface area contributed by atoms with Crippen molar-refractivity contribution in [3.63, 3.8) is 0 Å². The van der Waals surface area contributed by atoms with Gasteiger partial charge in [0.1, 0.15) is 22.9 Å². The lowest BCUT2D eigenvalue weighted by Gasteiger charge is -2.20. The van der Waals surface area contributed by atoms with Crippen LogP contribution < -0.4 is 10.6 Å². The highest BCUT2D eigenvalue weighted by Crippen LogP contribution is 2.26. The van der Waals surface area contributed by atoms with Crippen molar-refractivity contribution in [3.05, 3.63) is 23.3 Å². The molecule has 2 unspecified atom stereocenters. The molecule has 13 heteroatoms. The molecule has 2 rings (SSSR count). The van der Waals surface area contributed by atoms with Crippen LogP contribution in [0.4, 0.5) is 38.2 Å². The molecule has 0 radical (unpaired) electrons. The van der Waals surface area contributed by atoms with Gasteiger partial charge >= 0.3 is 12.4 Å². The normalized spacial score (nSPS) is 17.3. The predicted octanol–water partition coefficient (Wildman–Crippen LogP) is 4.31. The fourth-order valence-electron chi connectivity index (χ4n) is 1.57. The van der Waals surface area contributed by atoms with Crippen LogP contribution in [0.15, 0.2) is 18.2 Å². The van der Waals surface area contributed by atoms with Gasteiger partial charge in [-0.15, -0.1) is 0 Å².